The molecule has 0 radical (unpaired) electrons. The molecule has 0 saturated carbocycles. The van der Waals surface area contributed by atoms with Gasteiger partial charge in [-0.1, -0.05) is 34.8 Å². The molecule has 0 bridgehead atoms. The minimum Gasteiger partial charge on any atom is -0.382 e. The van der Waals surface area contributed by atoms with Crippen LogP contribution >= 0.6 is 34.8 Å². The molecule has 2 aromatic rings. The number of hydrogen-bond donors (Lipinski definition) is 1. The predicted octanol–water partition coefficient (Wildman–Crippen LogP) is 5.01. The molecule has 0 unspecified atom stereocenters. The van der Waals surface area contributed by atoms with Gasteiger partial charge >= 0.3 is 0 Å². The highest BCUT2D eigenvalue weighted by atomic mass is 35.5. The van der Waals surface area contributed by atoms with Crippen molar-refractivity contribution in [2.75, 3.05) is 18.5 Å². The van der Waals surface area contributed by atoms with E-state index in [0.717, 1.165) is 26.2 Å². The van der Waals surface area contributed by atoms with Gasteiger partial charge < -0.3 is 14.6 Å². The van der Waals surface area contributed by atoms with Crippen molar-refractivity contribution < 1.29 is 4.74 Å². The Kier molecular flexibility index (Phi) is 6.18. The number of anilines is 2. The zero-order chi connectivity index (χ0) is 15.2. The summed E-state index contributed by atoms with van der Waals surface area (Å²) in [5.41, 5.74) is 0.670. The summed E-state index contributed by atoms with van der Waals surface area (Å²) < 4.78 is 7.33. The van der Waals surface area contributed by atoms with Crippen LogP contribution < -0.4 is 5.32 Å². The largest absolute Gasteiger partial charge is 0.382 e. The molecular formula is C14H16Cl3N3O. The second-order valence-corrected chi connectivity index (χ2v) is 5.59. The fourth-order valence-electron chi connectivity index (χ4n) is 1.83. The van der Waals surface area contributed by atoms with Gasteiger partial charge in [-0.25, -0.2) is 4.98 Å². The van der Waals surface area contributed by atoms with Gasteiger partial charge in [0.1, 0.15) is 0 Å². The molecule has 0 aliphatic carbocycles. The van der Waals surface area contributed by atoms with Crippen molar-refractivity contribution in [2.45, 2.75) is 19.9 Å². The second kappa shape index (κ2) is 7.90. The highest BCUT2D eigenvalue weighted by Crippen LogP contribution is 2.33. The highest BCUT2D eigenvalue weighted by Gasteiger charge is 2.09. The Bertz CT molecular complexity index is 601. The molecule has 0 fully saturated rings. The van der Waals surface area contributed by atoms with Gasteiger partial charge in [0.25, 0.3) is 0 Å². The average Bonchev–Trinajstić information content (AvgIpc) is 2.88. The molecule has 2 rings (SSSR count). The average molecular weight is 349 g/mol. The minimum absolute atomic E-state index is 0.423. The van der Waals surface area contributed by atoms with Crippen LogP contribution in [0.1, 0.15) is 13.3 Å². The van der Waals surface area contributed by atoms with Crippen molar-refractivity contribution in [2.24, 2.45) is 0 Å². The molecule has 0 saturated heterocycles. The van der Waals surface area contributed by atoms with E-state index < -0.39 is 0 Å². The monoisotopic (exact) mass is 347 g/mol. The van der Waals surface area contributed by atoms with Gasteiger partial charge in [-0.3, -0.25) is 0 Å². The molecule has 114 valence electrons. The smallest absolute Gasteiger partial charge is 0.207 e. The lowest BCUT2D eigenvalue weighted by atomic mass is 10.3. The van der Waals surface area contributed by atoms with E-state index in [2.05, 4.69) is 10.3 Å². The molecule has 0 aliphatic rings. The van der Waals surface area contributed by atoms with Crippen molar-refractivity contribution in [3.05, 3.63) is 39.6 Å². The van der Waals surface area contributed by atoms with Gasteiger partial charge in [0, 0.05) is 32.2 Å². The number of imidazole rings is 1. The Morgan fingerprint density at radius 3 is 2.71 bits per heavy atom. The number of halogens is 3. The normalized spacial score (nSPS) is 10.9. The van der Waals surface area contributed by atoms with Crippen LogP contribution in [0, 0.1) is 0 Å². The summed E-state index contributed by atoms with van der Waals surface area (Å²) in [5, 5.41) is 4.53. The first kappa shape index (κ1) is 16.4. The molecule has 1 aromatic carbocycles. The van der Waals surface area contributed by atoms with Gasteiger partial charge in [-0.2, -0.15) is 0 Å². The molecule has 1 aromatic heterocycles. The quantitative estimate of drug-likeness (QED) is 0.564. The standard InChI is InChI=1S/C14H16Cl3N3O/c1-2-21-7-3-5-20-6-4-18-14(20)19-13-9-11(16)10(15)8-12(13)17/h4,6,8-9H,2-3,5,7H2,1H3,(H,18,19). The van der Waals surface area contributed by atoms with Crippen molar-refractivity contribution in [1.82, 2.24) is 9.55 Å². The van der Waals surface area contributed by atoms with Crippen LogP contribution in [0.25, 0.3) is 0 Å². The Hall–Kier alpha value is -0.940. The Morgan fingerprint density at radius 1 is 1.19 bits per heavy atom. The Balaban J connectivity index is 2.06. The van der Waals surface area contributed by atoms with E-state index >= 15 is 0 Å². The van der Waals surface area contributed by atoms with E-state index in [1.807, 2.05) is 17.7 Å². The summed E-state index contributed by atoms with van der Waals surface area (Å²) >= 11 is 18.1. The summed E-state index contributed by atoms with van der Waals surface area (Å²) in [7, 11) is 0. The summed E-state index contributed by atoms with van der Waals surface area (Å²) in [6, 6.07) is 3.29. The maximum absolute atomic E-state index is 6.15. The van der Waals surface area contributed by atoms with E-state index in [9.17, 15) is 0 Å². The number of aryl methyl sites for hydroxylation is 1. The number of nitrogens with zero attached hydrogens (tertiary/aromatic N) is 2. The molecule has 1 N–H and O–H groups in total. The fraction of sp³-hybridized carbons (Fsp3) is 0.357. The molecule has 4 nitrogen and oxygen atoms in total. The van der Waals surface area contributed by atoms with Crippen molar-refractivity contribution in [1.29, 1.82) is 0 Å². The van der Waals surface area contributed by atoms with Crippen LogP contribution in [-0.4, -0.2) is 22.8 Å². The molecule has 7 heteroatoms. The van der Waals surface area contributed by atoms with Crippen molar-refractivity contribution in [3.63, 3.8) is 0 Å². The third-order valence-electron chi connectivity index (χ3n) is 2.86. The third kappa shape index (κ3) is 4.51. The fourth-order valence-corrected chi connectivity index (χ4v) is 2.43. The number of nitrogens with one attached hydrogen (secondary N) is 1. The summed E-state index contributed by atoms with van der Waals surface area (Å²) in [6.45, 7) is 4.24. The number of rotatable bonds is 7. The van der Waals surface area contributed by atoms with E-state index in [1.165, 1.54) is 0 Å². The highest BCUT2D eigenvalue weighted by molar-refractivity contribution is 6.44. The molecular weight excluding hydrogens is 333 g/mol. The Morgan fingerprint density at radius 2 is 1.95 bits per heavy atom. The number of aromatic nitrogens is 2. The molecule has 0 spiro atoms. The Labute approximate surface area is 139 Å². The van der Waals surface area contributed by atoms with Gasteiger partial charge in [-0.15, -0.1) is 0 Å². The van der Waals surface area contributed by atoms with Crippen LogP contribution in [0.4, 0.5) is 11.6 Å². The number of benzene rings is 1. The topological polar surface area (TPSA) is 39.1 Å². The number of hydrogen-bond acceptors (Lipinski definition) is 3. The van der Waals surface area contributed by atoms with Crippen molar-refractivity contribution in [3.8, 4) is 0 Å². The van der Waals surface area contributed by atoms with Gasteiger partial charge in [0.15, 0.2) is 0 Å². The zero-order valence-electron chi connectivity index (χ0n) is 11.6. The minimum atomic E-state index is 0.423. The van der Waals surface area contributed by atoms with Crippen LogP contribution in [0.3, 0.4) is 0 Å². The van der Waals surface area contributed by atoms with Crippen LogP contribution in [0.5, 0.6) is 0 Å². The van der Waals surface area contributed by atoms with E-state index in [-0.39, 0.29) is 0 Å². The van der Waals surface area contributed by atoms with Gasteiger partial charge in [0.05, 0.1) is 20.8 Å². The lowest BCUT2D eigenvalue weighted by Gasteiger charge is -2.12. The van der Waals surface area contributed by atoms with E-state index in [1.54, 1.807) is 18.3 Å². The molecule has 0 amide bonds. The second-order valence-electron chi connectivity index (χ2n) is 4.37. The SMILES string of the molecule is CCOCCCn1ccnc1Nc1cc(Cl)c(Cl)cc1Cl. The van der Waals surface area contributed by atoms with Gasteiger partial charge in [-0.05, 0) is 25.5 Å². The first-order valence-electron chi connectivity index (χ1n) is 6.62. The lowest BCUT2D eigenvalue weighted by molar-refractivity contribution is 0.142. The van der Waals surface area contributed by atoms with E-state index in [0.29, 0.717) is 26.7 Å². The van der Waals surface area contributed by atoms with Crippen LogP contribution in [0.2, 0.25) is 15.1 Å². The van der Waals surface area contributed by atoms with E-state index in [4.69, 9.17) is 39.5 Å². The van der Waals surface area contributed by atoms with Crippen molar-refractivity contribution >= 4 is 46.4 Å². The first-order valence-corrected chi connectivity index (χ1v) is 7.75. The molecule has 1 heterocycles. The molecule has 0 atom stereocenters. The molecule has 0 aliphatic heterocycles. The summed E-state index contributed by atoms with van der Waals surface area (Å²) in [4.78, 5) is 4.28. The van der Waals surface area contributed by atoms with Gasteiger partial charge in [0.2, 0.25) is 5.95 Å². The maximum atomic E-state index is 6.15. The summed E-state index contributed by atoms with van der Waals surface area (Å²) in [5.74, 6) is 0.701. The predicted molar refractivity (Wildman–Crippen MR) is 88.1 cm³/mol. The first-order chi connectivity index (χ1) is 10.1. The lowest BCUT2D eigenvalue weighted by Crippen LogP contribution is -2.06. The number of ether oxygens (including phenoxy) is 1. The van der Waals surface area contributed by atoms with Crippen LogP contribution in [-0.2, 0) is 11.3 Å². The summed E-state index contributed by atoms with van der Waals surface area (Å²) in [6.07, 6.45) is 4.54. The molecule has 21 heavy (non-hydrogen) atoms. The van der Waals surface area contributed by atoms with Crippen LogP contribution in [0.15, 0.2) is 24.5 Å². The third-order valence-corrected chi connectivity index (χ3v) is 3.90. The maximum Gasteiger partial charge on any atom is 0.207 e. The zero-order valence-corrected chi connectivity index (χ0v) is 13.8.